The first kappa shape index (κ1) is 17.8. The fourth-order valence-corrected chi connectivity index (χ4v) is 2.13. The number of rotatable bonds is 9. The van der Waals surface area contributed by atoms with Gasteiger partial charge in [-0.2, -0.15) is 0 Å². The summed E-state index contributed by atoms with van der Waals surface area (Å²) in [5.74, 6) is -0.0493. The topological polar surface area (TPSA) is 67.6 Å². The van der Waals surface area contributed by atoms with Crippen LogP contribution in [0, 0.1) is 0 Å². The van der Waals surface area contributed by atoms with Crippen molar-refractivity contribution in [3.8, 4) is 0 Å². The fourth-order valence-electron chi connectivity index (χ4n) is 1.96. The summed E-state index contributed by atoms with van der Waals surface area (Å²) in [6.45, 7) is 5.52. The van der Waals surface area contributed by atoms with Crippen LogP contribution in [0.2, 0.25) is 5.02 Å². The molecule has 5 nitrogen and oxygen atoms in total. The Morgan fingerprint density at radius 2 is 2.19 bits per heavy atom. The van der Waals surface area contributed by atoms with E-state index in [0.29, 0.717) is 29.4 Å². The minimum Gasteiger partial charge on any atom is -0.397 e. The fraction of sp³-hybridized carbons (Fsp3) is 0.533. The Balaban J connectivity index is 2.35. The first-order valence-electron chi connectivity index (χ1n) is 7.13. The van der Waals surface area contributed by atoms with E-state index in [1.165, 1.54) is 0 Å². The summed E-state index contributed by atoms with van der Waals surface area (Å²) in [7, 11) is 1.69. The van der Waals surface area contributed by atoms with E-state index in [9.17, 15) is 4.79 Å². The van der Waals surface area contributed by atoms with Crippen LogP contribution in [0.5, 0.6) is 0 Å². The van der Waals surface area contributed by atoms with E-state index in [0.717, 1.165) is 26.1 Å². The van der Waals surface area contributed by atoms with Gasteiger partial charge < -0.3 is 20.7 Å². The normalized spacial score (nSPS) is 10.9. The van der Waals surface area contributed by atoms with Crippen molar-refractivity contribution in [1.82, 2.24) is 4.90 Å². The van der Waals surface area contributed by atoms with E-state index in [1.54, 1.807) is 25.3 Å². The molecule has 0 unspecified atom stereocenters. The number of halogens is 1. The van der Waals surface area contributed by atoms with Gasteiger partial charge in [0.05, 0.1) is 18.0 Å². The summed E-state index contributed by atoms with van der Waals surface area (Å²) < 4.78 is 5.06. The lowest BCUT2D eigenvalue weighted by molar-refractivity contribution is -0.116. The van der Waals surface area contributed by atoms with Gasteiger partial charge in [0.25, 0.3) is 0 Å². The number of anilines is 2. The molecule has 0 saturated carbocycles. The van der Waals surface area contributed by atoms with Gasteiger partial charge in [0.1, 0.15) is 0 Å². The molecular formula is C15H24ClN3O2. The minimum atomic E-state index is -0.0493. The Hall–Kier alpha value is -1.30. The number of nitrogen functional groups attached to an aromatic ring is 1. The third-order valence-electron chi connectivity index (χ3n) is 3.23. The Bertz CT molecular complexity index is 455. The summed E-state index contributed by atoms with van der Waals surface area (Å²) in [5.41, 5.74) is 6.88. The Morgan fingerprint density at radius 3 is 2.86 bits per heavy atom. The molecule has 0 spiro atoms. The third kappa shape index (κ3) is 6.80. The number of likely N-dealkylation sites (N-methyl/N-ethyl adjacent to an activating group) is 1. The number of nitrogens with zero attached hydrogens (tertiary/aromatic N) is 1. The number of nitrogens with two attached hydrogens (primary N) is 1. The molecule has 6 heteroatoms. The molecule has 0 aliphatic rings. The van der Waals surface area contributed by atoms with Gasteiger partial charge >= 0.3 is 0 Å². The highest BCUT2D eigenvalue weighted by molar-refractivity contribution is 6.31. The van der Waals surface area contributed by atoms with Crippen LogP contribution in [0.4, 0.5) is 11.4 Å². The van der Waals surface area contributed by atoms with Gasteiger partial charge in [-0.3, -0.25) is 4.79 Å². The van der Waals surface area contributed by atoms with Crippen LogP contribution >= 0.6 is 11.6 Å². The average Bonchev–Trinajstić information content (AvgIpc) is 2.46. The van der Waals surface area contributed by atoms with Crippen LogP contribution in [0.15, 0.2) is 18.2 Å². The van der Waals surface area contributed by atoms with E-state index in [4.69, 9.17) is 22.1 Å². The van der Waals surface area contributed by atoms with Crippen molar-refractivity contribution in [2.45, 2.75) is 19.8 Å². The number of methoxy groups -OCH3 is 1. The predicted molar refractivity (Wildman–Crippen MR) is 87.7 cm³/mol. The molecule has 0 saturated heterocycles. The van der Waals surface area contributed by atoms with Crippen LogP contribution in [0.25, 0.3) is 0 Å². The molecule has 0 bridgehead atoms. The molecule has 0 fully saturated rings. The highest BCUT2D eigenvalue weighted by atomic mass is 35.5. The molecule has 1 amide bonds. The van der Waals surface area contributed by atoms with Gasteiger partial charge in [-0.15, -0.1) is 0 Å². The Kier molecular flexibility index (Phi) is 8.12. The maximum absolute atomic E-state index is 11.9. The maximum atomic E-state index is 11.9. The molecule has 118 valence electrons. The van der Waals surface area contributed by atoms with E-state index in [1.807, 2.05) is 0 Å². The van der Waals surface area contributed by atoms with Crippen LogP contribution in [-0.4, -0.2) is 44.2 Å². The minimum absolute atomic E-state index is 0.0493. The standard InChI is InChI=1S/C15H24ClN3O2/c1-3-19(9-10-21-2)8-4-5-15(20)18-14-11-12(16)6-7-13(14)17/h6-7,11H,3-5,8-10,17H2,1-2H3,(H,18,20). The molecule has 1 rings (SSSR count). The van der Waals surface area contributed by atoms with Gasteiger partial charge in [-0.05, 0) is 37.7 Å². The van der Waals surface area contributed by atoms with Crippen molar-refractivity contribution in [2.75, 3.05) is 44.4 Å². The van der Waals surface area contributed by atoms with Crippen LogP contribution in [0.1, 0.15) is 19.8 Å². The van der Waals surface area contributed by atoms with Crippen LogP contribution < -0.4 is 11.1 Å². The summed E-state index contributed by atoms with van der Waals surface area (Å²) in [4.78, 5) is 14.2. The lowest BCUT2D eigenvalue weighted by Gasteiger charge is -2.19. The smallest absolute Gasteiger partial charge is 0.224 e. The first-order valence-corrected chi connectivity index (χ1v) is 7.50. The molecule has 1 aromatic carbocycles. The van der Waals surface area contributed by atoms with Gasteiger partial charge in [-0.1, -0.05) is 18.5 Å². The van der Waals surface area contributed by atoms with Gasteiger partial charge in [0.15, 0.2) is 0 Å². The molecule has 0 aromatic heterocycles. The molecular weight excluding hydrogens is 290 g/mol. The number of benzene rings is 1. The second-order valence-electron chi connectivity index (χ2n) is 4.81. The largest absolute Gasteiger partial charge is 0.397 e. The molecule has 0 atom stereocenters. The third-order valence-corrected chi connectivity index (χ3v) is 3.46. The van der Waals surface area contributed by atoms with E-state index >= 15 is 0 Å². The SMILES string of the molecule is CCN(CCCC(=O)Nc1cc(Cl)ccc1N)CCOC. The van der Waals surface area contributed by atoms with Crippen LogP contribution in [0.3, 0.4) is 0 Å². The molecule has 3 N–H and O–H groups in total. The summed E-state index contributed by atoms with van der Waals surface area (Å²) in [6.07, 6.45) is 1.25. The highest BCUT2D eigenvalue weighted by Gasteiger charge is 2.07. The van der Waals surface area contributed by atoms with E-state index < -0.39 is 0 Å². The zero-order valence-electron chi connectivity index (χ0n) is 12.7. The number of carbonyl (C=O) groups excluding carboxylic acids is 1. The van der Waals surface area contributed by atoms with Crippen molar-refractivity contribution < 1.29 is 9.53 Å². The van der Waals surface area contributed by atoms with E-state index in [-0.39, 0.29) is 5.91 Å². The molecule has 21 heavy (non-hydrogen) atoms. The van der Waals surface area contributed by atoms with Gasteiger partial charge in [0, 0.05) is 25.1 Å². The average molecular weight is 314 g/mol. The summed E-state index contributed by atoms with van der Waals surface area (Å²) in [5, 5.41) is 3.35. The number of carbonyl (C=O) groups is 1. The molecule has 0 aliphatic heterocycles. The lowest BCUT2D eigenvalue weighted by atomic mass is 10.2. The number of hydrogen-bond donors (Lipinski definition) is 2. The van der Waals surface area contributed by atoms with Crippen molar-refractivity contribution >= 4 is 28.9 Å². The number of amides is 1. The first-order chi connectivity index (χ1) is 10.1. The van der Waals surface area contributed by atoms with Gasteiger partial charge in [-0.25, -0.2) is 0 Å². The summed E-state index contributed by atoms with van der Waals surface area (Å²) in [6, 6.07) is 5.04. The van der Waals surface area contributed by atoms with E-state index in [2.05, 4.69) is 17.1 Å². The van der Waals surface area contributed by atoms with Crippen LogP contribution in [-0.2, 0) is 9.53 Å². The Morgan fingerprint density at radius 1 is 1.43 bits per heavy atom. The van der Waals surface area contributed by atoms with Crippen molar-refractivity contribution in [3.63, 3.8) is 0 Å². The number of nitrogens with one attached hydrogen (secondary N) is 1. The maximum Gasteiger partial charge on any atom is 0.224 e. The molecule has 0 radical (unpaired) electrons. The zero-order valence-corrected chi connectivity index (χ0v) is 13.4. The van der Waals surface area contributed by atoms with Gasteiger partial charge in [0.2, 0.25) is 5.91 Å². The quantitative estimate of drug-likeness (QED) is 0.688. The monoisotopic (exact) mass is 313 g/mol. The highest BCUT2D eigenvalue weighted by Crippen LogP contribution is 2.23. The summed E-state index contributed by atoms with van der Waals surface area (Å²) >= 11 is 5.89. The predicted octanol–water partition coefficient (Wildman–Crippen LogP) is 2.61. The van der Waals surface area contributed by atoms with Crippen molar-refractivity contribution in [3.05, 3.63) is 23.2 Å². The lowest BCUT2D eigenvalue weighted by Crippen LogP contribution is -2.29. The molecule has 0 aliphatic carbocycles. The van der Waals surface area contributed by atoms with Crippen molar-refractivity contribution in [2.24, 2.45) is 0 Å². The molecule has 1 aromatic rings. The molecule has 0 heterocycles. The number of ether oxygens (including phenoxy) is 1. The zero-order chi connectivity index (χ0) is 15.7. The second-order valence-corrected chi connectivity index (χ2v) is 5.25. The number of hydrogen-bond acceptors (Lipinski definition) is 4. The Labute approximate surface area is 131 Å². The second kappa shape index (κ2) is 9.60. The van der Waals surface area contributed by atoms with Crippen molar-refractivity contribution in [1.29, 1.82) is 0 Å².